The van der Waals surface area contributed by atoms with E-state index in [1.54, 1.807) is 0 Å². The fourth-order valence-corrected chi connectivity index (χ4v) is 1.19. The Kier molecular flexibility index (Phi) is 2.41. The van der Waals surface area contributed by atoms with Crippen LogP contribution in [0.5, 0.6) is 23.0 Å². The molecule has 0 bridgehead atoms. The summed E-state index contributed by atoms with van der Waals surface area (Å²) >= 11 is 0. The van der Waals surface area contributed by atoms with Gasteiger partial charge in [0.25, 0.3) is 0 Å². The molecule has 0 unspecified atom stereocenters. The predicted octanol–water partition coefficient (Wildman–Crippen LogP) is -0.614. The first-order valence-corrected chi connectivity index (χ1v) is 4.74. The summed E-state index contributed by atoms with van der Waals surface area (Å²) in [6.45, 7) is 0. The lowest BCUT2D eigenvalue weighted by Gasteiger charge is -2.06. The number of phenols is 3. The summed E-state index contributed by atoms with van der Waals surface area (Å²) in [7, 11) is -4.34. The molecule has 0 aliphatic heterocycles. The molecule has 0 aliphatic rings. The smallest absolute Gasteiger partial charge is 0.380 e. The molecule has 0 amide bonds. The standard InChI is InChI=1S/C6H7NO6S/c7-14(11,12)13-6-4(9)1-3(8)2-5(6)10/h1-2,8-10H,(H2,7,11,12). The van der Waals surface area contributed by atoms with Gasteiger partial charge in [0.15, 0.2) is 11.5 Å². The second-order valence-electron chi connectivity index (χ2n) is 2.39. The van der Waals surface area contributed by atoms with E-state index in [4.69, 9.17) is 15.3 Å². The second-order valence-corrected chi connectivity index (χ2v) is 3.54. The first-order chi connectivity index (χ1) is 6.29. The molecule has 0 spiro atoms. The topological polar surface area (TPSA) is 130 Å². The van der Waals surface area contributed by atoms with Crippen molar-refractivity contribution in [1.82, 2.24) is 0 Å². The van der Waals surface area contributed by atoms with E-state index >= 15 is 0 Å². The third kappa shape index (κ3) is 2.41. The second kappa shape index (κ2) is 3.24. The van der Waals surface area contributed by atoms with Crippen molar-refractivity contribution in [2.75, 3.05) is 0 Å². The molecule has 0 atom stereocenters. The van der Waals surface area contributed by atoms with Crippen molar-refractivity contribution < 1.29 is 27.9 Å². The van der Waals surface area contributed by atoms with Crippen LogP contribution in [0.2, 0.25) is 0 Å². The lowest BCUT2D eigenvalue weighted by molar-refractivity contribution is 0.386. The summed E-state index contributed by atoms with van der Waals surface area (Å²) in [5.41, 5.74) is 0. The molecule has 0 heterocycles. The molecular formula is C6H7NO6S. The first-order valence-electron chi connectivity index (χ1n) is 3.27. The van der Waals surface area contributed by atoms with Crippen LogP contribution in [0.25, 0.3) is 0 Å². The minimum atomic E-state index is -4.34. The lowest BCUT2D eigenvalue weighted by atomic mass is 10.3. The van der Waals surface area contributed by atoms with Crippen LogP contribution in [0.3, 0.4) is 0 Å². The summed E-state index contributed by atoms with van der Waals surface area (Å²) < 4.78 is 25.0. The van der Waals surface area contributed by atoms with Gasteiger partial charge in [-0.05, 0) is 0 Å². The average molecular weight is 221 g/mol. The monoisotopic (exact) mass is 221 g/mol. The zero-order valence-electron chi connectivity index (χ0n) is 6.71. The zero-order valence-corrected chi connectivity index (χ0v) is 7.52. The van der Waals surface area contributed by atoms with Crippen LogP contribution in [0, 0.1) is 0 Å². The summed E-state index contributed by atoms with van der Waals surface area (Å²) in [5, 5.41) is 31.5. The Balaban J connectivity index is 3.22. The van der Waals surface area contributed by atoms with Gasteiger partial charge in [-0.3, -0.25) is 0 Å². The average Bonchev–Trinajstić information content (AvgIpc) is 1.95. The zero-order chi connectivity index (χ0) is 10.9. The molecule has 1 aromatic carbocycles. The fourth-order valence-electron chi connectivity index (χ4n) is 0.786. The summed E-state index contributed by atoms with van der Waals surface area (Å²) in [6.07, 6.45) is 0. The van der Waals surface area contributed by atoms with E-state index in [1.807, 2.05) is 0 Å². The number of phenolic OH excluding ortho intramolecular Hbond substituents is 3. The molecule has 5 N–H and O–H groups in total. The van der Waals surface area contributed by atoms with Gasteiger partial charge < -0.3 is 19.5 Å². The van der Waals surface area contributed by atoms with Crippen LogP contribution < -0.4 is 9.32 Å². The summed E-state index contributed by atoms with van der Waals surface area (Å²) in [4.78, 5) is 0. The molecule has 0 aromatic heterocycles. The minimum Gasteiger partial charge on any atom is -0.508 e. The highest BCUT2D eigenvalue weighted by Gasteiger charge is 2.16. The number of hydrogen-bond acceptors (Lipinski definition) is 6. The van der Waals surface area contributed by atoms with Crippen LogP contribution in [-0.2, 0) is 10.3 Å². The van der Waals surface area contributed by atoms with Gasteiger partial charge in [0.1, 0.15) is 5.75 Å². The number of hydrogen-bond donors (Lipinski definition) is 4. The lowest BCUT2D eigenvalue weighted by Crippen LogP contribution is -2.19. The van der Waals surface area contributed by atoms with Crippen LogP contribution >= 0.6 is 0 Å². The van der Waals surface area contributed by atoms with Gasteiger partial charge >= 0.3 is 10.3 Å². The van der Waals surface area contributed by atoms with E-state index in [1.165, 1.54) is 0 Å². The molecule has 7 nitrogen and oxygen atoms in total. The third-order valence-corrected chi connectivity index (χ3v) is 1.63. The van der Waals surface area contributed by atoms with Crippen LogP contribution in [0.1, 0.15) is 0 Å². The van der Waals surface area contributed by atoms with Gasteiger partial charge in [0.2, 0.25) is 5.75 Å². The van der Waals surface area contributed by atoms with E-state index in [-0.39, 0.29) is 0 Å². The molecule has 1 rings (SSSR count). The summed E-state index contributed by atoms with van der Waals surface area (Å²) in [6, 6.07) is 1.58. The molecule has 0 aliphatic carbocycles. The highest BCUT2D eigenvalue weighted by atomic mass is 32.2. The van der Waals surface area contributed by atoms with Crippen molar-refractivity contribution in [3.8, 4) is 23.0 Å². The van der Waals surface area contributed by atoms with Crippen LogP contribution in [0.15, 0.2) is 12.1 Å². The molecule has 0 fully saturated rings. The molecule has 0 radical (unpaired) electrons. The SMILES string of the molecule is NS(=O)(=O)Oc1c(O)cc(O)cc1O. The molecule has 0 saturated heterocycles. The van der Waals surface area contributed by atoms with Crippen molar-refractivity contribution in [2.24, 2.45) is 5.14 Å². The Hall–Kier alpha value is -1.67. The highest BCUT2D eigenvalue weighted by Crippen LogP contribution is 2.39. The van der Waals surface area contributed by atoms with E-state index in [0.717, 1.165) is 12.1 Å². The van der Waals surface area contributed by atoms with Crippen LogP contribution in [0.4, 0.5) is 0 Å². The van der Waals surface area contributed by atoms with Crippen molar-refractivity contribution in [1.29, 1.82) is 0 Å². The molecule has 8 heteroatoms. The quantitative estimate of drug-likeness (QED) is 0.526. The Morgan fingerprint density at radius 3 is 1.93 bits per heavy atom. The summed E-state index contributed by atoms with van der Waals surface area (Å²) in [5.74, 6) is -2.65. The minimum absolute atomic E-state index is 0.443. The fraction of sp³-hybridized carbons (Fsp3) is 0. The molecule has 14 heavy (non-hydrogen) atoms. The van der Waals surface area contributed by atoms with Crippen molar-refractivity contribution in [2.45, 2.75) is 0 Å². The Bertz CT molecular complexity index is 430. The van der Waals surface area contributed by atoms with Gasteiger partial charge in [-0.15, -0.1) is 0 Å². The molecule has 1 aromatic rings. The van der Waals surface area contributed by atoms with Crippen molar-refractivity contribution >= 4 is 10.3 Å². The maximum absolute atomic E-state index is 10.5. The molecular weight excluding hydrogens is 214 g/mol. The Morgan fingerprint density at radius 1 is 1.14 bits per heavy atom. The predicted molar refractivity (Wildman–Crippen MR) is 45.2 cm³/mol. The van der Waals surface area contributed by atoms with Crippen LogP contribution in [-0.4, -0.2) is 23.7 Å². The van der Waals surface area contributed by atoms with E-state index in [2.05, 4.69) is 9.32 Å². The van der Waals surface area contributed by atoms with Gasteiger partial charge in [-0.25, -0.2) is 0 Å². The Labute approximate surface area is 79.2 Å². The number of aromatic hydroxyl groups is 3. The largest absolute Gasteiger partial charge is 0.508 e. The Morgan fingerprint density at radius 2 is 1.57 bits per heavy atom. The number of benzene rings is 1. The first kappa shape index (κ1) is 10.4. The van der Waals surface area contributed by atoms with E-state index < -0.39 is 33.3 Å². The van der Waals surface area contributed by atoms with Gasteiger partial charge in [-0.2, -0.15) is 13.6 Å². The third-order valence-electron chi connectivity index (χ3n) is 1.23. The van der Waals surface area contributed by atoms with Gasteiger partial charge in [0, 0.05) is 12.1 Å². The van der Waals surface area contributed by atoms with Crippen molar-refractivity contribution in [3.05, 3.63) is 12.1 Å². The maximum Gasteiger partial charge on any atom is 0.380 e. The van der Waals surface area contributed by atoms with Crippen molar-refractivity contribution in [3.63, 3.8) is 0 Å². The number of nitrogens with two attached hydrogens (primary N) is 1. The highest BCUT2D eigenvalue weighted by molar-refractivity contribution is 7.84. The molecule has 0 saturated carbocycles. The van der Waals surface area contributed by atoms with E-state index in [9.17, 15) is 8.42 Å². The molecule has 78 valence electrons. The van der Waals surface area contributed by atoms with Gasteiger partial charge in [0.05, 0.1) is 0 Å². The normalized spacial score (nSPS) is 11.2. The van der Waals surface area contributed by atoms with Gasteiger partial charge in [-0.1, -0.05) is 0 Å². The van der Waals surface area contributed by atoms with E-state index in [0.29, 0.717) is 0 Å². The maximum atomic E-state index is 10.5. The number of rotatable bonds is 2.